The van der Waals surface area contributed by atoms with Gasteiger partial charge in [-0.15, -0.1) is 0 Å². The Kier molecular flexibility index (Phi) is 1.38. The highest BCUT2D eigenvalue weighted by Gasteiger charge is 2.00. The second-order valence-corrected chi connectivity index (χ2v) is 2.21. The molecule has 1 aliphatic carbocycles. The quantitative estimate of drug-likeness (QED) is 0.505. The summed E-state index contributed by atoms with van der Waals surface area (Å²) in [6.07, 6.45) is 6.64. The lowest BCUT2D eigenvalue weighted by Gasteiger charge is -2.05. The van der Waals surface area contributed by atoms with E-state index in [0.29, 0.717) is 11.7 Å². The summed E-state index contributed by atoms with van der Waals surface area (Å²) in [5, 5.41) is 8.85. The first-order valence-corrected chi connectivity index (χ1v) is 2.86. The zero-order valence-electron chi connectivity index (χ0n) is 4.96. The Bertz CT molecular complexity index is 133. The molecular weight excluding hydrogens is 100 g/mol. The summed E-state index contributed by atoms with van der Waals surface area (Å²) in [7, 11) is 0. The highest BCUT2D eigenvalue weighted by molar-refractivity contribution is 5.16. The summed E-state index contributed by atoms with van der Waals surface area (Å²) in [6.45, 7) is 2.08. The van der Waals surface area contributed by atoms with Crippen molar-refractivity contribution in [2.24, 2.45) is 5.92 Å². The molecule has 0 aromatic carbocycles. The van der Waals surface area contributed by atoms with E-state index in [0.717, 1.165) is 6.42 Å². The van der Waals surface area contributed by atoms with Gasteiger partial charge in [0.1, 0.15) is 5.76 Å². The first-order valence-electron chi connectivity index (χ1n) is 2.86. The molecule has 1 heteroatoms. The van der Waals surface area contributed by atoms with E-state index in [1.807, 2.05) is 12.2 Å². The fraction of sp³-hybridized carbons (Fsp3) is 0.429. The Morgan fingerprint density at radius 1 is 1.75 bits per heavy atom. The summed E-state index contributed by atoms with van der Waals surface area (Å²) in [4.78, 5) is 0. The Morgan fingerprint density at radius 3 is 2.88 bits per heavy atom. The van der Waals surface area contributed by atoms with Crippen molar-refractivity contribution in [3.63, 3.8) is 0 Å². The van der Waals surface area contributed by atoms with E-state index in [4.69, 9.17) is 5.11 Å². The van der Waals surface area contributed by atoms with Gasteiger partial charge in [0.05, 0.1) is 0 Å². The molecule has 1 aliphatic rings. The fourth-order valence-electron chi connectivity index (χ4n) is 0.819. The molecule has 0 spiro atoms. The molecule has 44 valence electrons. The fourth-order valence-corrected chi connectivity index (χ4v) is 0.819. The Labute approximate surface area is 49.3 Å². The number of hydrogen-bond donors (Lipinski definition) is 1. The van der Waals surface area contributed by atoms with Crippen molar-refractivity contribution in [3.8, 4) is 0 Å². The van der Waals surface area contributed by atoms with E-state index in [1.54, 1.807) is 6.08 Å². The van der Waals surface area contributed by atoms with Crippen LogP contribution >= 0.6 is 0 Å². The van der Waals surface area contributed by atoms with Gasteiger partial charge >= 0.3 is 0 Å². The molecule has 0 bridgehead atoms. The average molecular weight is 110 g/mol. The van der Waals surface area contributed by atoms with Gasteiger partial charge in [-0.2, -0.15) is 0 Å². The van der Waals surface area contributed by atoms with E-state index in [1.165, 1.54) is 0 Å². The second kappa shape index (κ2) is 2.03. The van der Waals surface area contributed by atoms with Gasteiger partial charge in [-0.1, -0.05) is 13.0 Å². The number of hydrogen-bond acceptors (Lipinski definition) is 1. The lowest BCUT2D eigenvalue weighted by atomic mass is 10.0. The zero-order valence-corrected chi connectivity index (χ0v) is 4.96. The van der Waals surface area contributed by atoms with Crippen molar-refractivity contribution < 1.29 is 5.11 Å². The largest absolute Gasteiger partial charge is 0.508 e. The van der Waals surface area contributed by atoms with Gasteiger partial charge in [0.25, 0.3) is 0 Å². The van der Waals surface area contributed by atoms with Crippen LogP contribution in [0, 0.1) is 5.92 Å². The van der Waals surface area contributed by atoms with E-state index in [-0.39, 0.29) is 0 Å². The van der Waals surface area contributed by atoms with E-state index < -0.39 is 0 Å². The van der Waals surface area contributed by atoms with E-state index >= 15 is 0 Å². The number of aliphatic hydroxyl groups excluding tert-OH is 1. The average Bonchev–Trinajstić information content (AvgIpc) is 1.64. The van der Waals surface area contributed by atoms with Gasteiger partial charge in [-0.05, 0) is 24.5 Å². The molecule has 0 heterocycles. The molecule has 0 aliphatic heterocycles. The minimum absolute atomic E-state index is 0.406. The molecule has 0 saturated heterocycles. The maximum atomic E-state index is 8.85. The second-order valence-electron chi connectivity index (χ2n) is 2.21. The van der Waals surface area contributed by atoms with Gasteiger partial charge in [0, 0.05) is 0 Å². The standard InChI is InChI=1S/C7H10O/c1-6-3-2-4-7(8)5-6/h2,4-6,8H,3H2,1H3/t6-/m1/s1. The van der Waals surface area contributed by atoms with Crippen LogP contribution in [0.15, 0.2) is 24.0 Å². The van der Waals surface area contributed by atoms with Crippen molar-refractivity contribution in [2.75, 3.05) is 0 Å². The smallest absolute Gasteiger partial charge is 0.111 e. The van der Waals surface area contributed by atoms with Crippen molar-refractivity contribution in [3.05, 3.63) is 24.0 Å². The molecule has 1 atom stereocenters. The summed E-state index contributed by atoms with van der Waals surface area (Å²) >= 11 is 0. The van der Waals surface area contributed by atoms with Crippen molar-refractivity contribution >= 4 is 0 Å². The maximum Gasteiger partial charge on any atom is 0.111 e. The lowest BCUT2D eigenvalue weighted by molar-refractivity contribution is 0.420. The Balaban J connectivity index is 2.63. The third-order valence-electron chi connectivity index (χ3n) is 1.25. The zero-order chi connectivity index (χ0) is 5.98. The van der Waals surface area contributed by atoms with Crippen LogP contribution in [0.1, 0.15) is 13.3 Å². The van der Waals surface area contributed by atoms with Crippen molar-refractivity contribution in [2.45, 2.75) is 13.3 Å². The van der Waals surface area contributed by atoms with Crippen LogP contribution in [0.25, 0.3) is 0 Å². The molecule has 0 amide bonds. The van der Waals surface area contributed by atoms with E-state index in [9.17, 15) is 0 Å². The highest BCUT2D eigenvalue weighted by Crippen LogP contribution is 2.12. The van der Waals surface area contributed by atoms with Crippen molar-refractivity contribution in [1.29, 1.82) is 0 Å². The molecule has 8 heavy (non-hydrogen) atoms. The molecular formula is C7H10O. The lowest BCUT2D eigenvalue weighted by Crippen LogP contribution is -1.93. The first kappa shape index (κ1) is 5.42. The van der Waals surface area contributed by atoms with Gasteiger partial charge in [0.15, 0.2) is 0 Å². The summed E-state index contributed by atoms with van der Waals surface area (Å²) in [6, 6.07) is 0. The molecule has 0 unspecified atom stereocenters. The third kappa shape index (κ3) is 1.12. The third-order valence-corrected chi connectivity index (χ3v) is 1.25. The SMILES string of the molecule is C[C@H]1C=C(O)C=CC1. The van der Waals surface area contributed by atoms with Crippen LogP contribution in [0.5, 0.6) is 0 Å². The summed E-state index contributed by atoms with van der Waals surface area (Å²) < 4.78 is 0. The van der Waals surface area contributed by atoms with Gasteiger partial charge in [0.2, 0.25) is 0 Å². The molecule has 1 nitrogen and oxygen atoms in total. The van der Waals surface area contributed by atoms with Crippen LogP contribution in [0.2, 0.25) is 0 Å². The van der Waals surface area contributed by atoms with Crippen LogP contribution < -0.4 is 0 Å². The molecule has 0 fully saturated rings. The predicted molar refractivity (Wildman–Crippen MR) is 33.6 cm³/mol. The monoisotopic (exact) mass is 110 g/mol. The normalized spacial score (nSPS) is 27.6. The van der Waals surface area contributed by atoms with Crippen LogP contribution in [-0.4, -0.2) is 5.11 Å². The number of aliphatic hydroxyl groups is 1. The number of rotatable bonds is 0. The molecule has 1 rings (SSSR count). The first-order chi connectivity index (χ1) is 3.79. The molecule has 0 aromatic heterocycles. The maximum absolute atomic E-state index is 8.85. The molecule has 0 aromatic rings. The van der Waals surface area contributed by atoms with Crippen LogP contribution in [-0.2, 0) is 0 Å². The predicted octanol–water partition coefficient (Wildman–Crippen LogP) is 2.02. The number of allylic oxidation sites excluding steroid dienone is 3. The topological polar surface area (TPSA) is 20.2 Å². The molecule has 1 N–H and O–H groups in total. The molecule has 0 saturated carbocycles. The van der Waals surface area contributed by atoms with Gasteiger partial charge < -0.3 is 5.11 Å². The minimum Gasteiger partial charge on any atom is -0.508 e. The summed E-state index contributed by atoms with van der Waals surface area (Å²) in [5.41, 5.74) is 0. The highest BCUT2D eigenvalue weighted by atomic mass is 16.3. The summed E-state index contributed by atoms with van der Waals surface area (Å²) in [5.74, 6) is 0.920. The minimum atomic E-state index is 0.406. The van der Waals surface area contributed by atoms with E-state index in [2.05, 4.69) is 6.92 Å². The van der Waals surface area contributed by atoms with Crippen LogP contribution in [0.3, 0.4) is 0 Å². The Hall–Kier alpha value is -0.720. The Morgan fingerprint density at radius 2 is 2.50 bits per heavy atom. The van der Waals surface area contributed by atoms with Crippen LogP contribution in [0.4, 0.5) is 0 Å². The van der Waals surface area contributed by atoms with Gasteiger partial charge in [-0.3, -0.25) is 0 Å². The molecule has 0 radical (unpaired) electrons. The van der Waals surface area contributed by atoms with Gasteiger partial charge in [-0.25, -0.2) is 0 Å². The van der Waals surface area contributed by atoms with Crippen molar-refractivity contribution in [1.82, 2.24) is 0 Å².